The smallest absolute Gasteiger partial charge is 0.315 e. The lowest BCUT2D eigenvalue weighted by atomic mass is 10.1. The summed E-state index contributed by atoms with van der Waals surface area (Å²) in [6, 6.07) is 3.86. The van der Waals surface area contributed by atoms with E-state index in [1.807, 2.05) is 25.3 Å². The van der Waals surface area contributed by atoms with Crippen molar-refractivity contribution in [3.8, 4) is 0 Å². The molecule has 2 rings (SSSR count). The second-order valence-electron chi connectivity index (χ2n) is 5.86. The number of ether oxygens (including phenoxy) is 1. The van der Waals surface area contributed by atoms with Gasteiger partial charge in [-0.3, -0.25) is 0 Å². The normalized spacial score (nSPS) is 18.5. The Morgan fingerprint density at radius 3 is 2.78 bits per heavy atom. The summed E-state index contributed by atoms with van der Waals surface area (Å²) in [6.45, 7) is 9.34. The zero-order valence-electron chi connectivity index (χ0n) is 14.3. The van der Waals surface area contributed by atoms with Gasteiger partial charge in [-0.1, -0.05) is 6.07 Å². The molecule has 0 saturated carbocycles. The highest BCUT2D eigenvalue weighted by Crippen LogP contribution is 2.15. The standard InChI is InChI=1S/C17H28N4O2/c1-4-21(5-2)16-9-8-14(11-18-16)12-19-17(22)20-13(3)15-7-6-10-23-15/h8-9,11,13,15H,4-7,10,12H2,1-3H3,(H2,19,20,22). The van der Waals surface area contributed by atoms with Crippen LogP contribution in [0, 0.1) is 0 Å². The van der Waals surface area contributed by atoms with Gasteiger partial charge in [-0.15, -0.1) is 0 Å². The van der Waals surface area contributed by atoms with E-state index in [4.69, 9.17) is 4.74 Å². The molecule has 1 saturated heterocycles. The van der Waals surface area contributed by atoms with Gasteiger partial charge in [-0.2, -0.15) is 0 Å². The van der Waals surface area contributed by atoms with Crippen molar-refractivity contribution in [3.63, 3.8) is 0 Å². The molecule has 2 unspecified atom stereocenters. The van der Waals surface area contributed by atoms with Crippen LogP contribution in [0.1, 0.15) is 39.2 Å². The lowest BCUT2D eigenvalue weighted by Crippen LogP contribution is -2.45. The first-order valence-corrected chi connectivity index (χ1v) is 8.49. The van der Waals surface area contributed by atoms with Gasteiger partial charge in [0.2, 0.25) is 0 Å². The van der Waals surface area contributed by atoms with E-state index < -0.39 is 0 Å². The minimum atomic E-state index is -0.166. The molecule has 6 nitrogen and oxygen atoms in total. The van der Waals surface area contributed by atoms with Gasteiger partial charge in [0.25, 0.3) is 0 Å². The maximum absolute atomic E-state index is 11.9. The molecule has 0 spiro atoms. The summed E-state index contributed by atoms with van der Waals surface area (Å²) in [5.74, 6) is 0.968. The molecule has 1 aliphatic heterocycles. The Morgan fingerprint density at radius 1 is 1.43 bits per heavy atom. The number of hydrogen-bond acceptors (Lipinski definition) is 4. The molecule has 1 aliphatic rings. The van der Waals surface area contributed by atoms with E-state index in [9.17, 15) is 4.79 Å². The summed E-state index contributed by atoms with van der Waals surface area (Å²) in [5, 5.41) is 5.81. The van der Waals surface area contributed by atoms with Crippen molar-refractivity contribution in [2.45, 2.75) is 52.3 Å². The average Bonchev–Trinajstić information content (AvgIpc) is 3.10. The highest BCUT2D eigenvalue weighted by Gasteiger charge is 2.23. The summed E-state index contributed by atoms with van der Waals surface area (Å²) in [4.78, 5) is 18.6. The number of anilines is 1. The minimum absolute atomic E-state index is 0.0284. The van der Waals surface area contributed by atoms with Crippen molar-refractivity contribution in [1.82, 2.24) is 15.6 Å². The maximum atomic E-state index is 11.9. The maximum Gasteiger partial charge on any atom is 0.315 e. The summed E-state index contributed by atoms with van der Waals surface area (Å²) in [6.07, 6.45) is 4.04. The molecular weight excluding hydrogens is 292 g/mol. The van der Waals surface area contributed by atoms with Crippen LogP contribution in [0.3, 0.4) is 0 Å². The fraction of sp³-hybridized carbons (Fsp3) is 0.647. The average molecular weight is 320 g/mol. The Bertz CT molecular complexity index is 482. The Labute approximate surface area is 138 Å². The lowest BCUT2D eigenvalue weighted by molar-refractivity contribution is 0.0860. The van der Waals surface area contributed by atoms with E-state index >= 15 is 0 Å². The molecule has 2 atom stereocenters. The first-order chi connectivity index (χ1) is 11.1. The second kappa shape index (κ2) is 8.72. The van der Waals surface area contributed by atoms with Crippen LogP contribution in [0.2, 0.25) is 0 Å². The zero-order chi connectivity index (χ0) is 16.7. The van der Waals surface area contributed by atoms with Crippen molar-refractivity contribution >= 4 is 11.8 Å². The van der Waals surface area contributed by atoms with Gasteiger partial charge in [-0.25, -0.2) is 9.78 Å². The third kappa shape index (κ3) is 5.10. The summed E-state index contributed by atoms with van der Waals surface area (Å²) < 4.78 is 5.58. The quantitative estimate of drug-likeness (QED) is 0.809. The highest BCUT2D eigenvalue weighted by atomic mass is 16.5. The second-order valence-corrected chi connectivity index (χ2v) is 5.86. The number of aromatic nitrogens is 1. The highest BCUT2D eigenvalue weighted by molar-refractivity contribution is 5.74. The Balaban J connectivity index is 1.77. The van der Waals surface area contributed by atoms with E-state index in [-0.39, 0.29) is 18.2 Å². The summed E-state index contributed by atoms with van der Waals surface area (Å²) >= 11 is 0. The number of carbonyl (C=O) groups is 1. The van der Waals surface area contributed by atoms with Gasteiger partial charge in [-0.05, 0) is 45.2 Å². The van der Waals surface area contributed by atoms with Crippen LogP contribution >= 0.6 is 0 Å². The molecule has 0 bridgehead atoms. The number of carbonyl (C=O) groups excluding carboxylic acids is 1. The van der Waals surface area contributed by atoms with Crippen molar-refractivity contribution < 1.29 is 9.53 Å². The van der Waals surface area contributed by atoms with Gasteiger partial charge >= 0.3 is 6.03 Å². The molecule has 128 valence electrons. The van der Waals surface area contributed by atoms with E-state index in [2.05, 4.69) is 34.4 Å². The van der Waals surface area contributed by atoms with Crippen LogP contribution in [0.5, 0.6) is 0 Å². The Morgan fingerprint density at radius 2 is 2.22 bits per heavy atom. The molecule has 1 aromatic rings. The van der Waals surface area contributed by atoms with Gasteiger partial charge in [0.05, 0.1) is 12.1 Å². The van der Waals surface area contributed by atoms with Gasteiger partial charge in [0.15, 0.2) is 0 Å². The number of nitrogens with zero attached hydrogens (tertiary/aromatic N) is 2. The van der Waals surface area contributed by atoms with Crippen LogP contribution in [0.4, 0.5) is 10.6 Å². The van der Waals surface area contributed by atoms with Crippen molar-refractivity contribution in [2.75, 3.05) is 24.6 Å². The fourth-order valence-corrected chi connectivity index (χ4v) is 2.79. The van der Waals surface area contributed by atoms with Crippen LogP contribution in [-0.4, -0.2) is 42.9 Å². The molecule has 23 heavy (non-hydrogen) atoms. The Kier molecular flexibility index (Phi) is 6.65. The Hall–Kier alpha value is -1.82. The molecular formula is C17H28N4O2. The largest absolute Gasteiger partial charge is 0.376 e. The monoisotopic (exact) mass is 320 g/mol. The fourth-order valence-electron chi connectivity index (χ4n) is 2.79. The molecule has 0 aromatic carbocycles. The molecule has 6 heteroatoms. The SMILES string of the molecule is CCN(CC)c1ccc(CNC(=O)NC(C)C2CCCO2)cn1. The number of amides is 2. The van der Waals surface area contributed by atoms with Crippen molar-refractivity contribution in [2.24, 2.45) is 0 Å². The van der Waals surface area contributed by atoms with Crippen LogP contribution in [0.25, 0.3) is 0 Å². The third-order valence-electron chi connectivity index (χ3n) is 4.23. The van der Waals surface area contributed by atoms with Crippen molar-refractivity contribution in [1.29, 1.82) is 0 Å². The number of urea groups is 1. The molecule has 2 N–H and O–H groups in total. The topological polar surface area (TPSA) is 66.5 Å². The van der Waals surface area contributed by atoms with E-state index in [0.717, 1.165) is 43.9 Å². The van der Waals surface area contributed by atoms with Gasteiger partial charge < -0.3 is 20.3 Å². The van der Waals surface area contributed by atoms with E-state index in [1.54, 1.807) is 0 Å². The predicted octanol–water partition coefficient (Wildman–Crippen LogP) is 2.29. The number of rotatable bonds is 7. The first-order valence-electron chi connectivity index (χ1n) is 8.49. The molecule has 2 heterocycles. The molecule has 1 aromatic heterocycles. The third-order valence-corrected chi connectivity index (χ3v) is 4.23. The molecule has 0 aliphatic carbocycles. The van der Waals surface area contributed by atoms with Crippen LogP contribution in [-0.2, 0) is 11.3 Å². The van der Waals surface area contributed by atoms with Crippen LogP contribution < -0.4 is 15.5 Å². The zero-order valence-corrected chi connectivity index (χ0v) is 14.3. The van der Waals surface area contributed by atoms with Crippen molar-refractivity contribution in [3.05, 3.63) is 23.9 Å². The summed E-state index contributed by atoms with van der Waals surface area (Å²) in [5.41, 5.74) is 0.987. The number of hydrogen-bond donors (Lipinski definition) is 2. The lowest BCUT2D eigenvalue weighted by Gasteiger charge is -2.21. The number of nitrogens with one attached hydrogen (secondary N) is 2. The van der Waals surface area contributed by atoms with Gasteiger partial charge in [0, 0.05) is 32.4 Å². The van der Waals surface area contributed by atoms with E-state index in [1.165, 1.54) is 0 Å². The number of pyridine rings is 1. The minimum Gasteiger partial charge on any atom is -0.376 e. The van der Waals surface area contributed by atoms with E-state index in [0.29, 0.717) is 6.54 Å². The molecule has 1 fully saturated rings. The first kappa shape index (κ1) is 17.5. The molecule has 2 amide bonds. The van der Waals surface area contributed by atoms with Gasteiger partial charge in [0.1, 0.15) is 5.82 Å². The van der Waals surface area contributed by atoms with Crippen LogP contribution in [0.15, 0.2) is 18.3 Å². The molecule has 0 radical (unpaired) electrons. The summed E-state index contributed by atoms with van der Waals surface area (Å²) in [7, 11) is 0. The predicted molar refractivity (Wildman–Crippen MR) is 91.6 cm³/mol.